The number of benzene rings is 3. The van der Waals surface area contributed by atoms with Crippen molar-refractivity contribution in [2.24, 2.45) is 16.6 Å². The number of anilines is 2. The molecule has 0 radical (unpaired) electrons. The van der Waals surface area contributed by atoms with Gasteiger partial charge in [-0.2, -0.15) is 0 Å². The second kappa shape index (κ2) is 10.4. The normalized spacial score (nSPS) is 19.4. The monoisotopic (exact) mass is 557 g/mol. The van der Waals surface area contributed by atoms with Crippen molar-refractivity contribution in [2.75, 3.05) is 5.32 Å². The fourth-order valence-electron chi connectivity index (χ4n) is 5.31. The van der Waals surface area contributed by atoms with Crippen LogP contribution >= 0.6 is 11.6 Å². The van der Waals surface area contributed by atoms with Crippen LogP contribution in [-0.4, -0.2) is 32.9 Å². The van der Waals surface area contributed by atoms with Crippen molar-refractivity contribution in [1.82, 2.24) is 20.3 Å². The summed E-state index contributed by atoms with van der Waals surface area (Å²) in [5.41, 5.74) is 8.65. The Balaban J connectivity index is 1.33. The number of nitrogens with zero attached hydrogens (tertiary/aromatic N) is 4. The number of rotatable bonds is 5. The molecule has 202 valence electrons. The molecular weight excluding hydrogens is 532 g/mol. The van der Waals surface area contributed by atoms with Gasteiger partial charge in [0, 0.05) is 39.5 Å². The third-order valence-corrected chi connectivity index (χ3v) is 7.45. The highest BCUT2D eigenvalue weighted by atomic mass is 35.5. The van der Waals surface area contributed by atoms with E-state index in [4.69, 9.17) is 17.3 Å². The summed E-state index contributed by atoms with van der Waals surface area (Å²) < 4.78 is 29.4. The lowest BCUT2D eigenvalue weighted by molar-refractivity contribution is 0.572. The summed E-state index contributed by atoms with van der Waals surface area (Å²) in [7, 11) is 0. The zero-order valence-electron chi connectivity index (χ0n) is 21.8. The van der Waals surface area contributed by atoms with Crippen LogP contribution in [0.15, 0.2) is 71.9 Å². The van der Waals surface area contributed by atoms with E-state index < -0.39 is 11.6 Å². The van der Waals surface area contributed by atoms with Gasteiger partial charge < -0.3 is 16.4 Å². The quantitative estimate of drug-likeness (QED) is 0.123. The van der Waals surface area contributed by atoms with Crippen LogP contribution < -0.4 is 16.4 Å². The van der Waals surface area contributed by atoms with Crippen molar-refractivity contribution in [3.63, 3.8) is 0 Å². The molecule has 0 saturated carbocycles. The first-order valence-corrected chi connectivity index (χ1v) is 13.3. The summed E-state index contributed by atoms with van der Waals surface area (Å²) in [5.74, 6) is -0.271. The van der Waals surface area contributed by atoms with Crippen LogP contribution in [-0.2, 0) is 0 Å². The molecule has 7 nitrogen and oxygen atoms in total. The maximum atomic E-state index is 14.7. The highest BCUT2D eigenvalue weighted by Gasteiger charge is 2.30. The van der Waals surface area contributed by atoms with Gasteiger partial charge in [0.1, 0.15) is 28.5 Å². The zero-order valence-corrected chi connectivity index (χ0v) is 22.5. The Bertz CT molecular complexity index is 1750. The first-order chi connectivity index (χ1) is 19.3. The van der Waals surface area contributed by atoms with E-state index in [1.165, 1.54) is 24.4 Å². The molecule has 6 rings (SSSR count). The van der Waals surface area contributed by atoms with E-state index in [0.29, 0.717) is 44.7 Å². The smallest absolute Gasteiger partial charge is 0.227 e. The Morgan fingerprint density at radius 2 is 1.77 bits per heavy atom. The number of nitrogens with one attached hydrogen (secondary N) is 2. The van der Waals surface area contributed by atoms with E-state index in [-0.39, 0.29) is 23.2 Å². The third kappa shape index (κ3) is 4.94. The second-order valence-corrected chi connectivity index (χ2v) is 10.5. The SMILES string of the molecule is CC1C[C@H](C(N)=Nc2ccc(Nc3ncc4nc(-c5c(F)cccc5F)c5cc(Cl)ccc5c4n3)cc2)C(C)N1. The standard InChI is InChI=1S/C30H26ClF2N7/c1-15-12-21(16(2)36-15)29(34)37-18-7-9-19(10-8-18)38-30-35-14-25-27(40-30)20-11-6-17(31)13-22(20)28(39-25)26-23(32)4-3-5-24(26)33/h3-11,13-16,21,36H,12H2,1-2H3,(H2,34,37)(H,35,38,40)/t15?,16?,21-/m0/s1. The fraction of sp³-hybridized carbons (Fsp3) is 0.200. The molecule has 1 aliphatic heterocycles. The molecule has 0 bridgehead atoms. The van der Waals surface area contributed by atoms with Crippen LogP contribution in [0.25, 0.3) is 33.1 Å². The first-order valence-electron chi connectivity index (χ1n) is 12.9. The Hall–Kier alpha value is -4.21. The largest absolute Gasteiger partial charge is 0.387 e. The van der Waals surface area contributed by atoms with Crippen molar-refractivity contribution in [1.29, 1.82) is 0 Å². The molecule has 2 unspecified atom stereocenters. The number of hydrogen-bond donors (Lipinski definition) is 3. The van der Waals surface area contributed by atoms with Crippen molar-refractivity contribution in [3.8, 4) is 11.3 Å². The van der Waals surface area contributed by atoms with Crippen LogP contribution in [0.4, 0.5) is 26.1 Å². The van der Waals surface area contributed by atoms with Gasteiger partial charge in [-0.25, -0.2) is 28.7 Å². The molecule has 2 aromatic heterocycles. The van der Waals surface area contributed by atoms with Gasteiger partial charge in [-0.3, -0.25) is 0 Å². The first kappa shape index (κ1) is 26.0. The average molecular weight is 558 g/mol. The van der Waals surface area contributed by atoms with Gasteiger partial charge in [-0.05, 0) is 68.8 Å². The van der Waals surface area contributed by atoms with Gasteiger partial charge in [0.25, 0.3) is 0 Å². The summed E-state index contributed by atoms with van der Waals surface area (Å²) in [6.07, 6.45) is 2.49. The maximum Gasteiger partial charge on any atom is 0.227 e. The van der Waals surface area contributed by atoms with E-state index >= 15 is 0 Å². The summed E-state index contributed by atoms with van der Waals surface area (Å²) >= 11 is 6.26. The predicted octanol–water partition coefficient (Wildman–Crippen LogP) is 6.90. The lowest BCUT2D eigenvalue weighted by Crippen LogP contribution is -2.33. The lowest BCUT2D eigenvalue weighted by atomic mass is 9.99. The van der Waals surface area contributed by atoms with E-state index in [9.17, 15) is 8.78 Å². The summed E-state index contributed by atoms with van der Waals surface area (Å²) in [5, 5.41) is 8.22. The number of aromatic nitrogens is 3. The molecule has 40 heavy (non-hydrogen) atoms. The number of amidine groups is 1. The minimum Gasteiger partial charge on any atom is -0.387 e. The molecular formula is C30H26ClF2N7. The van der Waals surface area contributed by atoms with Crippen LogP contribution in [0.2, 0.25) is 5.02 Å². The maximum absolute atomic E-state index is 14.7. The highest BCUT2D eigenvalue weighted by Crippen LogP contribution is 2.36. The molecule has 5 aromatic rings. The minimum atomic E-state index is -0.717. The number of nitrogens with two attached hydrogens (primary N) is 1. The van der Waals surface area contributed by atoms with E-state index in [1.54, 1.807) is 18.2 Å². The Labute approximate surface area is 234 Å². The van der Waals surface area contributed by atoms with Crippen LogP contribution in [0.1, 0.15) is 20.3 Å². The van der Waals surface area contributed by atoms with Gasteiger partial charge in [-0.1, -0.05) is 23.7 Å². The fourth-order valence-corrected chi connectivity index (χ4v) is 5.48. The second-order valence-electron chi connectivity index (χ2n) is 10.1. The predicted molar refractivity (Wildman–Crippen MR) is 156 cm³/mol. The van der Waals surface area contributed by atoms with Crippen molar-refractivity contribution < 1.29 is 8.78 Å². The zero-order chi connectivity index (χ0) is 28.0. The van der Waals surface area contributed by atoms with Crippen molar-refractivity contribution in [3.05, 3.63) is 83.5 Å². The number of hydrogen-bond acceptors (Lipinski definition) is 6. The average Bonchev–Trinajstić information content (AvgIpc) is 3.27. The summed E-state index contributed by atoms with van der Waals surface area (Å²) in [6, 6.07) is 17.0. The third-order valence-electron chi connectivity index (χ3n) is 7.21. The highest BCUT2D eigenvalue weighted by molar-refractivity contribution is 6.31. The molecule has 0 spiro atoms. The Kier molecular flexibility index (Phi) is 6.77. The topological polar surface area (TPSA) is 101 Å². The summed E-state index contributed by atoms with van der Waals surface area (Å²) in [6.45, 7) is 4.27. The molecule has 4 N–H and O–H groups in total. The Morgan fingerprint density at radius 3 is 2.48 bits per heavy atom. The molecule has 3 atom stereocenters. The van der Waals surface area contributed by atoms with Gasteiger partial charge in [0.2, 0.25) is 5.95 Å². The number of fused-ring (bicyclic) bond motifs is 3. The van der Waals surface area contributed by atoms with Gasteiger partial charge in [-0.15, -0.1) is 0 Å². The molecule has 3 heterocycles. The van der Waals surface area contributed by atoms with Gasteiger partial charge >= 0.3 is 0 Å². The van der Waals surface area contributed by atoms with Gasteiger partial charge in [0.05, 0.1) is 23.1 Å². The number of pyridine rings is 1. The van der Waals surface area contributed by atoms with E-state index in [0.717, 1.165) is 17.8 Å². The number of halogens is 3. The van der Waals surface area contributed by atoms with Gasteiger partial charge in [0.15, 0.2) is 0 Å². The molecule has 1 aliphatic rings. The van der Waals surface area contributed by atoms with Crippen molar-refractivity contribution in [2.45, 2.75) is 32.4 Å². The molecule has 0 amide bonds. The van der Waals surface area contributed by atoms with Crippen LogP contribution in [0, 0.1) is 17.6 Å². The summed E-state index contributed by atoms with van der Waals surface area (Å²) in [4.78, 5) is 18.2. The van der Waals surface area contributed by atoms with E-state index in [1.807, 2.05) is 24.3 Å². The van der Waals surface area contributed by atoms with E-state index in [2.05, 4.69) is 44.4 Å². The molecule has 0 aliphatic carbocycles. The molecule has 10 heteroatoms. The van der Waals surface area contributed by atoms with Crippen molar-refractivity contribution >= 4 is 56.6 Å². The number of aliphatic imine (C=N–C) groups is 1. The molecule has 1 saturated heterocycles. The Morgan fingerprint density at radius 1 is 1.02 bits per heavy atom. The molecule has 3 aromatic carbocycles. The van der Waals surface area contributed by atoms with Crippen LogP contribution in [0.3, 0.4) is 0 Å². The lowest BCUT2D eigenvalue weighted by Gasteiger charge is -2.14. The molecule has 1 fully saturated rings. The van der Waals surface area contributed by atoms with Crippen LogP contribution in [0.5, 0.6) is 0 Å². The minimum absolute atomic E-state index is 0.137.